The third-order valence-corrected chi connectivity index (χ3v) is 3.71. The van der Waals surface area contributed by atoms with E-state index in [2.05, 4.69) is 24.4 Å². The average Bonchev–Trinajstić information content (AvgIpc) is 2.45. The number of rotatable bonds is 3. The smallest absolute Gasteiger partial charge is 0.223 e. The van der Waals surface area contributed by atoms with Gasteiger partial charge >= 0.3 is 0 Å². The van der Waals surface area contributed by atoms with E-state index in [4.69, 9.17) is 0 Å². The first-order valence-electron chi connectivity index (χ1n) is 5.09. The highest BCUT2D eigenvalue weighted by Crippen LogP contribution is 2.26. The monoisotopic (exact) mass is 209 g/mol. The maximum atomic E-state index is 11.5. The highest BCUT2D eigenvalue weighted by atomic mass is 32.1. The molecule has 1 aromatic heterocycles. The van der Waals surface area contributed by atoms with E-state index in [0.29, 0.717) is 12.5 Å². The predicted octanol–water partition coefficient (Wildman–Crippen LogP) is 2.47. The van der Waals surface area contributed by atoms with Gasteiger partial charge in [0.25, 0.3) is 0 Å². The van der Waals surface area contributed by atoms with Crippen LogP contribution >= 0.6 is 11.3 Å². The van der Waals surface area contributed by atoms with Gasteiger partial charge < -0.3 is 5.32 Å². The molecule has 1 N–H and O–H groups in total. The van der Waals surface area contributed by atoms with Crippen molar-refractivity contribution >= 4 is 17.2 Å². The van der Waals surface area contributed by atoms with Crippen LogP contribution in [0.4, 0.5) is 0 Å². The van der Waals surface area contributed by atoms with E-state index in [1.807, 2.05) is 0 Å². The molecule has 1 fully saturated rings. The standard InChI is InChI=1S/C11H15NOS/c1-8-5-6-10(14-8)7-12-11(13)9-3-2-4-9/h5-6,9H,2-4,7H2,1H3,(H,12,13). The summed E-state index contributed by atoms with van der Waals surface area (Å²) >= 11 is 1.75. The maximum Gasteiger partial charge on any atom is 0.223 e. The van der Waals surface area contributed by atoms with E-state index >= 15 is 0 Å². The molecule has 1 heterocycles. The van der Waals surface area contributed by atoms with E-state index in [0.717, 1.165) is 12.8 Å². The second-order valence-corrected chi connectivity index (χ2v) is 5.23. The van der Waals surface area contributed by atoms with E-state index < -0.39 is 0 Å². The molecule has 2 nitrogen and oxygen atoms in total. The van der Waals surface area contributed by atoms with Gasteiger partial charge in [-0.05, 0) is 31.9 Å². The van der Waals surface area contributed by atoms with Crippen LogP contribution in [0.15, 0.2) is 12.1 Å². The number of hydrogen-bond donors (Lipinski definition) is 1. The number of hydrogen-bond acceptors (Lipinski definition) is 2. The van der Waals surface area contributed by atoms with E-state index in [1.54, 1.807) is 11.3 Å². The number of aryl methyl sites for hydroxylation is 1. The van der Waals surface area contributed by atoms with E-state index in [1.165, 1.54) is 16.2 Å². The van der Waals surface area contributed by atoms with Crippen molar-refractivity contribution < 1.29 is 4.79 Å². The number of amides is 1. The molecule has 1 saturated carbocycles. The Balaban J connectivity index is 1.79. The minimum absolute atomic E-state index is 0.238. The van der Waals surface area contributed by atoms with Gasteiger partial charge in [-0.1, -0.05) is 6.42 Å². The number of thiophene rings is 1. The molecule has 1 aromatic rings. The molecule has 2 rings (SSSR count). The van der Waals surface area contributed by atoms with Crippen LogP contribution in [0, 0.1) is 12.8 Å². The highest BCUT2D eigenvalue weighted by molar-refractivity contribution is 7.11. The van der Waals surface area contributed by atoms with Crippen molar-refractivity contribution in [2.75, 3.05) is 0 Å². The molecule has 1 aliphatic carbocycles. The van der Waals surface area contributed by atoms with Crippen LogP contribution in [0.1, 0.15) is 29.0 Å². The fourth-order valence-corrected chi connectivity index (χ4v) is 2.40. The van der Waals surface area contributed by atoms with Crippen LogP contribution in [0.5, 0.6) is 0 Å². The summed E-state index contributed by atoms with van der Waals surface area (Å²) in [5.41, 5.74) is 0. The number of nitrogens with one attached hydrogen (secondary N) is 1. The lowest BCUT2D eigenvalue weighted by Gasteiger charge is -2.23. The zero-order valence-electron chi connectivity index (χ0n) is 8.38. The fraction of sp³-hybridized carbons (Fsp3) is 0.545. The van der Waals surface area contributed by atoms with E-state index in [9.17, 15) is 4.79 Å². The lowest BCUT2D eigenvalue weighted by molar-refractivity contribution is -0.127. The van der Waals surface area contributed by atoms with Crippen molar-refractivity contribution in [1.82, 2.24) is 5.32 Å². The van der Waals surface area contributed by atoms with Gasteiger partial charge in [0.1, 0.15) is 0 Å². The van der Waals surface area contributed by atoms with Crippen LogP contribution in [0.25, 0.3) is 0 Å². The Bertz CT molecular complexity index is 328. The second-order valence-electron chi connectivity index (χ2n) is 3.86. The van der Waals surface area contributed by atoms with Gasteiger partial charge in [0.2, 0.25) is 5.91 Å². The minimum atomic E-state index is 0.238. The zero-order valence-corrected chi connectivity index (χ0v) is 9.19. The van der Waals surface area contributed by atoms with Crippen LogP contribution in [-0.2, 0) is 11.3 Å². The summed E-state index contributed by atoms with van der Waals surface area (Å²) in [4.78, 5) is 14.0. The molecule has 0 bridgehead atoms. The first kappa shape index (κ1) is 9.71. The summed E-state index contributed by atoms with van der Waals surface area (Å²) in [6.07, 6.45) is 3.38. The van der Waals surface area contributed by atoms with E-state index in [-0.39, 0.29) is 5.91 Å². The van der Waals surface area contributed by atoms with Crippen molar-refractivity contribution in [1.29, 1.82) is 0 Å². The van der Waals surface area contributed by atoms with Crippen molar-refractivity contribution in [3.05, 3.63) is 21.9 Å². The molecule has 14 heavy (non-hydrogen) atoms. The van der Waals surface area contributed by atoms with Crippen LogP contribution < -0.4 is 5.32 Å². The average molecular weight is 209 g/mol. The normalized spacial score (nSPS) is 16.4. The van der Waals surface area contributed by atoms with Crippen molar-refractivity contribution in [2.45, 2.75) is 32.7 Å². The summed E-state index contributed by atoms with van der Waals surface area (Å²) in [6, 6.07) is 4.18. The molecule has 0 aliphatic heterocycles. The van der Waals surface area contributed by atoms with Crippen LogP contribution in [-0.4, -0.2) is 5.91 Å². The Morgan fingerprint density at radius 2 is 2.36 bits per heavy atom. The van der Waals surface area contributed by atoms with Crippen LogP contribution in [0.2, 0.25) is 0 Å². The summed E-state index contributed by atoms with van der Waals surface area (Å²) in [6.45, 7) is 2.79. The summed E-state index contributed by atoms with van der Waals surface area (Å²) < 4.78 is 0. The van der Waals surface area contributed by atoms with Gasteiger partial charge in [0.15, 0.2) is 0 Å². The lowest BCUT2D eigenvalue weighted by Crippen LogP contribution is -2.33. The molecule has 0 saturated heterocycles. The van der Waals surface area contributed by atoms with Crippen molar-refractivity contribution in [2.24, 2.45) is 5.92 Å². The molecule has 3 heteroatoms. The molecule has 0 spiro atoms. The van der Waals surface area contributed by atoms with Gasteiger partial charge in [0.05, 0.1) is 6.54 Å². The maximum absolute atomic E-state index is 11.5. The Labute approximate surface area is 88.3 Å². The SMILES string of the molecule is Cc1ccc(CNC(=O)C2CCC2)s1. The molecule has 0 atom stereocenters. The highest BCUT2D eigenvalue weighted by Gasteiger charge is 2.24. The first-order chi connectivity index (χ1) is 6.75. The predicted molar refractivity (Wildman–Crippen MR) is 58.2 cm³/mol. The van der Waals surface area contributed by atoms with Gasteiger partial charge in [0, 0.05) is 15.7 Å². The molecule has 1 amide bonds. The van der Waals surface area contributed by atoms with Crippen molar-refractivity contribution in [3.63, 3.8) is 0 Å². The quantitative estimate of drug-likeness (QED) is 0.814. The number of carbonyl (C=O) groups excluding carboxylic acids is 1. The summed E-state index contributed by atoms with van der Waals surface area (Å²) in [7, 11) is 0. The molecule has 76 valence electrons. The first-order valence-corrected chi connectivity index (χ1v) is 5.90. The summed E-state index contributed by atoms with van der Waals surface area (Å²) in [5, 5.41) is 2.99. The Morgan fingerprint density at radius 3 is 2.86 bits per heavy atom. The molecular weight excluding hydrogens is 194 g/mol. The van der Waals surface area contributed by atoms with Crippen LogP contribution in [0.3, 0.4) is 0 Å². The fourth-order valence-electron chi connectivity index (χ4n) is 1.57. The Morgan fingerprint density at radius 1 is 1.57 bits per heavy atom. The Hall–Kier alpha value is -0.830. The zero-order chi connectivity index (χ0) is 9.97. The second kappa shape index (κ2) is 4.13. The lowest BCUT2D eigenvalue weighted by atomic mass is 9.85. The van der Waals surface area contributed by atoms with Gasteiger partial charge in [-0.15, -0.1) is 11.3 Å². The van der Waals surface area contributed by atoms with Gasteiger partial charge in [-0.2, -0.15) is 0 Å². The largest absolute Gasteiger partial charge is 0.351 e. The number of carbonyl (C=O) groups is 1. The van der Waals surface area contributed by atoms with Crippen molar-refractivity contribution in [3.8, 4) is 0 Å². The molecule has 0 aromatic carbocycles. The van der Waals surface area contributed by atoms with Gasteiger partial charge in [-0.25, -0.2) is 0 Å². The molecule has 0 unspecified atom stereocenters. The molecular formula is C11H15NOS. The summed E-state index contributed by atoms with van der Waals surface area (Å²) in [5.74, 6) is 0.540. The third-order valence-electron chi connectivity index (χ3n) is 2.71. The van der Waals surface area contributed by atoms with Gasteiger partial charge in [-0.3, -0.25) is 4.79 Å². The topological polar surface area (TPSA) is 29.1 Å². The third kappa shape index (κ3) is 2.15. The molecule has 1 aliphatic rings. The minimum Gasteiger partial charge on any atom is -0.351 e. The Kier molecular flexibility index (Phi) is 2.87. The molecule has 0 radical (unpaired) electrons.